The van der Waals surface area contributed by atoms with E-state index in [2.05, 4.69) is 21.2 Å². The van der Waals surface area contributed by atoms with Gasteiger partial charge in [-0.05, 0) is 53.9 Å². The maximum Gasteiger partial charge on any atom is 0.230 e. The van der Waals surface area contributed by atoms with E-state index in [0.717, 1.165) is 6.42 Å². The van der Waals surface area contributed by atoms with E-state index in [1.807, 2.05) is 6.92 Å². The lowest BCUT2D eigenvalue weighted by Crippen LogP contribution is -2.28. The van der Waals surface area contributed by atoms with Gasteiger partial charge < -0.3 is 10.1 Å². The summed E-state index contributed by atoms with van der Waals surface area (Å²) >= 11 is 3.11. The Bertz CT molecular complexity index is 478. The van der Waals surface area contributed by atoms with Gasteiger partial charge in [0.05, 0.1) is 16.5 Å². The van der Waals surface area contributed by atoms with Crippen LogP contribution in [0, 0.1) is 18.7 Å². The highest BCUT2D eigenvalue weighted by Crippen LogP contribution is 2.27. The molecule has 3 nitrogen and oxygen atoms in total. The maximum atomic E-state index is 13.3. The number of amides is 1. The molecular formula is C13H15BrFNO2. The minimum Gasteiger partial charge on any atom is -0.378 e. The standard InChI is InChI=1S/C13H15BrFNO2/c1-7-5-11(15)10(14)6-12(7)16-13(17)9-3-4-18-8(9)2/h5-6,8-9H,3-4H2,1-2H3,(H,16,17). The first-order chi connectivity index (χ1) is 8.49. The summed E-state index contributed by atoms with van der Waals surface area (Å²) in [5.74, 6) is -0.530. The summed E-state index contributed by atoms with van der Waals surface area (Å²) in [6.45, 7) is 4.27. The lowest BCUT2D eigenvalue weighted by molar-refractivity contribution is -0.121. The van der Waals surface area contributed by atoms with Crippen molar-refractivity contribution in [2.24, 2.45) is 5.92 Å². The van der Waals surface area contributed by atoms with Gasteiger partial charge in [0.15, 0.2) is 0 Å². The van der Waals surface area contributed by atoms with E-state index >= 15 is 0 Å². The van der Waals surface area contributed by atoms with Crippen LogP contribution >= 0.6 is 15.9 Å². The second kappa shape index (κ2) is 5.36. The first-order valence-electron chi connectivity index (χ1n) is 5.87. The van der Waals surface area contributed by atoms with Crippen LogP contribution in [0.1, 0.15) is 18.9 Å². The molecule has 18 heavy (non-hydrogen) atoms. The summed E-state index contributed by atoms with van der Waals surface area (Å²) in [4.78, 5) is 12.1. The molecule has 1 fully saturated rings. The van der Waals surface area contributed by atoms with Crippen molar-refractivity contribution in [2.75, 3.05) is 11.9 Å². The van der Waals surface area contributed by atoms with Crippen molar-refractivity contribution >= 4 is 27.5 Å². The lowest BCUT2D eigenvalue weighted by atomic mass is 10.0. The van der Waals surface area contributed by atoms with Gasteiger partial charge in [-0.1, -0.05) is 0 Å². The normalized spacial score (nSPS) is 23.1. The highest BCUT2D eigenvalue weighted by Gasteiger charge is 2.30. The van der Waals surface area contributed by atoms with Crippen molar-refractivity contribution in [1.82, 2.24) is 0 Å². The number of rotatable bonds is 2. The number of benzene rings is 1. The number of aryl methyl sites for hydroxylation is 1. The molecule has 1 aliphatic heterocycles. The van der Waals surface area contributed by atoms with E-state index in [-0.39, 0.29) is 23.7 Å². The van der Waals surface area contributed by atoms with E-state index in [0.29, 0.717) is 22.3 Å². The van der Waals surface area contributed by atoms with Crippen LogP contribution in [0.5, 0.6) is 0 Å². The van der Waals surface area contributed by atoms with E-state index in [4.69, 9.17) is 4.74 Å². The Morgan fingerprint density at radius 2 is 2.28 bits per heavy atom. The molecule has 0 aromatic heterocycles. The highest BCUT2D eigenvalue weighted by atomic mass is 79.9. The summed E-state index contributed by atoms with van der Waals surface area (Å²) in [5, 5.41) is 2.84. The van der Waals surface area contributed by atoms with Gasteiger partial charge in [-0.25, -0.2) is 4.39 Å². The summed E-state index contributed by atoms with van der Waals surface area (Å²) < 4.78 is 19.0. The molecule has 0 saturated carbocycles. The summed E-state index contributed by atoms with van der Waals surface area (Å²) in [6.07, 6.45) is 0.670. The number of ether oxygens (including phenoxy) is 1. The van der Waals surface area contributed by atoms with E-state index in [1.54, 1.807) is 13.0 Å². The Balaban J connectivity index is 2.14. The zero-order valence-electron chi connectivity index (χ0n) is 10.3. The predicted molar refractivity (Wildman–Crippen MR) is 71.0 cm³/mol. The third-order valence-corrected chi connectivity index (χ3v) is 3.85. The van der Waals surface area contributed by atoms with Crippen molar-refractivity contribution in [3.63, 3.8) is 0 Å². The van der Waals surface area contributed by atoms with Gasteiger partial charge in [-0.15, -0.1) is 0 Å². The number of halogens is 2. The fraction of sp³-hybridized carbons (Fsp3) is 0.462. The molecule has 0 aliphatic carbocycles. The van der Waals surface area contributed by atoms with Crippen LogP contribution in [-0.2, 0) is 9.53 Å². The SMILES string of the molecule is Cc1cc(F)c(Br)cc1NC(=O)C1CCOC1C. The third kappa shape index (κ3) is 2.72. The second-order valence-electron chi connectivity index (χ2n) is 4.54. The van der Waals surface area contributed by atoms with Crippen LogP contribution in [0.2, 0.25) is 0 Å². The Kier molecular flexibility index (Phi) is 4.02. The monoisotopic (exact) mass is 315 g/mol. The average molecular weight is 316 g/mol. The molecule has 1 aliphatic rings. The molecule has 1 aromatic carbocycles. The van der Waals surface area contributed by atoms with Gasteiger partial charge in [0.2, 0.25) is 5.91 Å². The van der Waals surface area contributed by atoms with Crippen LogP contribution in [0.15, 0.2) is 16.6 Å². The van der Waals surface area contributed by atoms with Gasteiger partial charge in [-0.3, -0.25) is 4.79 Å². The summed E-state index contributed by atoms with van der Waals surface area (Å²) in [5.41, 5.74) is 1.34. The first kappa shape index (κ1) is 13.5. The predicted octanol–water partition coefficient (Wildman–Crippen LogP) is 3.26. The van der Waals surface area contributed by atoms with Crippen molar-refractivity contribution < 1.29 is 13.9 Å². The number of hydrogen-bond acceptors (Lipinski definition) is 2. The minimum atomic E-state index is -0.330. The zero-order valence-corrected chi connectivity index (χ0v) is 11.9. The van der Waals surface area contributed by atoms with Crippen LogP contribution in [0.4, 0.5) is 10.1 Å². The van der Waals surface area contributed by atoms with Gasteiger partial charge in [0, 0.05) is 12.3 Å². The van der Waals surface area contributed by atoms with E-state index < -0.39 is 0 Å². The third-order valence-electron chi connectivity index (χ3n) is 3.24. The fourth-order valence-corrected chi connectivity index (χ4v) is 2.43. The highest BCUT2D eigenvalue weighted by molar-refractivity contribution is 9.10. The Hall–Kier alpha value is -0.940. The van der Waals surface area contributed by atoms with Crippen LogP contribution in [0.3, 0.4) is 0 Å². The number of hydrogen-bond donors (Lipinski definition) is 1. The molecule has 1 saturated heterocycles. The molecule has 2 unspecified atom stereocenters. The van der Waals surface area contributed by atoms with Gasteiger partial charge >= 0.3 is 0 Å². The van der Waals surface area contributed by atoms with Crippen molar-refractivity contribution in [2.45, 2.75) is 26.4 Å². The van der Waals surface area contributed by atoms with Crippen LogP contribution in [-0.4, -0.2) is 18.6 Å². The molecule has 1 heterocycles. The summed E-state index contributed by atoms with van der Waals surface area (Å²) in [7, 11) is 0. The van der Waals surface area contributed by atoms with Crippen molar-refractivity contribution in [3.05, 3.63) is 28.0 Å². The van der Waals surface area contributed by atoms with Gasteiger partial charge in [-0.2, -0.15) is 0 Å². The summed E-state index contributed by atoms with van der Waals surface area (Å²) in [6, 6.07) is 2.98. The Morgan fingerprint density at radius 3 is 2.89 bits per heavy atom. The molecule has 0 spiro atoms. The molecule has 5 heteroatoms. The molecule has 2 rings (SSSR count). The van der Waals surface area contributed by atoms with Crippen LogP contribution < -0.4 is 5.32 Å². The van der Waals surface area contributed by atoms with Gasteiger partial charge in [0.1, 0.15) is 5.82 Å². The first-order valence-corrected chi connectivity index (χ1v) is 6.66. The average Bonchev–Trinajstić information content (AvgIpc) is 2.72. The lowest BCUT2D eigenvalue weighted by Gasteiger charge is -2.15. The number of carbonyl (C=O) groups excluding carboxylic acids is 1. The van der Waals surface area contributed by atoms with Crippen molar-refractivity contribution in [3.8, 4) is 0 Å². The Morgan fingerprint density at radius 1 is 1.56 bits per heavy atom. The largest absolute Gasteiger partial charge is 0.378 e. The van der Waals surface area contributed by atoms with Gasteiger partial charge in [0.25, 0.3) is 0 Å². The fourth-order valence-electron chi connectivity index (χ4n) is 2.08. The molecule has 1 aromatic rings. The van der Waals surface area contributed by atoms with Crippen LogP contribution in [0.25, 0.3) is 0 Å². The van der Waals surface area contributed by atoms with E-state index in [9.17, 15) is 9.18 Å². The topological polar surface area (TPSA) is 38.3 Å². The van der Waals surface area contributed by atoms with Crippen molar-refractivity contribution in [1.29, 1.82) is 0 Å². The quantitative estimate of drug-likeness (QED) is 0.909. The molecule has 98 valence electrons. The maximum absolute atomic E-state index is 13.3. The molecule has 0 radical (unpaired) electrons. The zero-order chi connectivity index (χ0) is 13.3. The number of carbonyl (C=O) groups is 1. The number of anilines is 1. The smallest absolute Gasteiger partial charge is 0.230 e. The Labute approximate surface area is 114 Å². The molecule has 1 N–H and O–H groups in total. The molecule has 2 atom stereocenters. The number of nitrogens with one attached hydrogen (secondary N) is 1. The van der Waals surface area contributed by atoms with E-state index in [1.165, 1.54) is 6.07 Å². The molecule has 0 bridgehead atoms. The molecule has 1 amide bonds. The second-order valence-corrected chi connectivity index (χ2v) is 5.40. The molecular weight excluding hydrogens is 301 g/mol. The minimum absolute atomic E-state index is 0.0609.